The summed E-state index contributed by atoms with van der Waals surface area (Å²) < 4.78 is 5.05. The molecule has 4 nitrogen and oxygen atoms in total. The smallest absolute Gasteiger partial charge is 0.160 e. The topological polar surface area (TPSA) is 53.5 Å². The van der Waals surface area contributed by atoms with Gasteiger partial charge in [0.25, 0.3) is 0 Å². The molecule has 0 heterocycles. The summed E-state index contributed by atoms with van der Waals surface area (Å²) in [5, 5.41) is 10.1. The molecule has 0 saturated heterocycles. The van der Waals surface area contributed by atoms with Gasteiger partial charge in [0, 0.05) is 23.3 Å². The maximum atomic E-state index is 9.57. The van der Waals surface area contributed by atoms with Crippen LogP contribution in [0.15, 0.2) is 42.5 Å². The van der Waals surface area contributed by atoms with Gasteiger partial charge in [0.1, 0.15) is 0 Å². The Morgan fingerprint density at radius 1 is 1.21 bits per heavy atom. The molecule has 2 aromatic carbocycles. The third-order valence-electron chi connectivity index (χ3n) is 2.63. The van der Waals surface area contributed by atoms with Crippen molar-refractivity contribution in [3.63, 3.8) is 0 Å². The average Bonchev–Trinajstić information content (AvgIpc) is 2.42. The van der Waals surface area contributed by atoms with Crippen LogP contribution >= 0.6 is 11.6 Å². The zero-order valence-corrected chi connectivity index (χ0v) is 11.2. The van der Waals surface area contributed by atoms with Crippen LogP contribution in [0.5, 0.6) is 11.5 Å². The highest BCUT2D eigenvalue weighted by molar-refractivity contribution is 6.31. The largest absolute Gasteiger partial charge is 0.504 e. The summed E-state index contributed by atoms with van der Waals surface area (Å²) in [6.07, 6.45) is 0. The zero-order chi connectivity index (χ0) is 13.7. The summed E-state index contributed by atoms with van der Waals surface area (Å²) in [5.41, 5.74) is 7.91. The molecule has 0 fully saturated rings. The molecule has 0 amide bonds. The van der Waals surface area contributed by atoms with Crippen LogP contribution in [-0.2, 0) is 6.54 Å². The van der Waals surface area contributed by atoms with E-state index in [1.165, 1.54) is 13.2 Å². The van der Waals surface area contributed by atoms with Crippen LogP contribution in [0.3, 0.4) is 0 Å². The van der Waals surface area contributed by atoms with E-state index in [-0.39, 0.29) is 5.75 Å². The number of halogens is 1. The van der Waals surface area contributed by atoms with Gasteiger partial charge in [0.15, 0.2) is 11.5 Å². The van der Waals surface area contributed by atoms with E-state index in [1.54, 1.807) is 6.07 Å². The van der Waals surface area contributed by atoms with E-state index < -0.39 is 0 Å². The molecule has 0 atom stereocenters. The number of para-hydroxylation sites is 1. The minimum Gasteiger partial charge on any atom is -0.504 e. The summed E-state index contributed by atoms with van der Waals surface area (Å²) >= 11 is 6.06. The summed E-state index contributed by atoms with van der Waals surface area (Å²) in [7, 11) is 1.50. The molecular formula is C14H15ClN2O2. The van der Waals surface area contributed by atoms with Crippen LogP contribution in [0.25, 0.3) is 0 Å². The number of anilines is 1. The highest BCUT2D eigenvalue weighted by atomic mass is 35.5. The fraction of sp³-hybridized carbons (Fsp3) is 0.143. The molecule has 2 rings (SSSR count). The molecule has 0 unspecified atom stereocenters. The molecule has 100 valence electrons. The number of hydrogen-bond donors (Lipinski definition) is 3. The van der Waals surface area contributed by atoms with Gasteiger partial charge in [-0.2, -0.15) is 0 Å². The normalized spacial score (nSPS) is 10.2. The molecular weight excluding hydrogens is 264 g/mol. The van der Waals surface area contributed by atoms with Crippen molar-refractivity contribution < 1.29 is 9.84 Å². The number of benzene rings is 2. The van der Waals surface area contributed by atoms with E-state index in [9.17, 15) is 5.11 Å². The Labute approximate surface area is 116 Å². The number of phenols is 1. The van der Waals surface area contributed by atoms with Crippen LogP contribution in [0.1, 0.15) is 5.56 Å². The molecule has 5 heteroatoms. The van der Waals surface area contributed by atoms with Gasteiger partial charge in [0.05, 0.1) is 7.11 Å². The van der Waals surface area contributed by atoms with E-state index in [1.807, 2.05) is 30.3 Å². The first-order chi connectivity index (χ1) is 9.20. The highest BCUT2D eigenvalue weighted by Gasteiger charge is 2.07. The quantitative estimate of drug-likeness (QED) is 0.736. The number of methoxy groups -OCH3 is 1. The number of aromatic hydroxyl groups is 1. The third-order valence-corrected chi connectivity index (χ3v) is 2.99. The maximum Gasteiger partial charge on any atom is 0.160 e. The third kappa shape index (κ3) is 3.53. The number of hydrogen-bond acceptors (Lipinski definition) is 4. The number of nitrogens with one attached hydrogen (secondary N) is 2. The van der Waals surface area contributed by atoms with Gasteiger partial charge < -0.3 is 15.3 Å². The average molecular weight is 279 g/mol. The lowest BCUT2D eigenvalue weighted by Gasteiger charge is -2.11. The lowest BCUT2D eigenvalue weighted by atomic mass is 10.2. The van der Waals surface area contributed by atoms with Crippen LogP contribution in [-0.4, -0.2) is 12.2 Å². The summed E-state index contributed by atoms with van der Waals surface area (Å²) in [6.45, 7) is 0.504. The predicted molar refractivity (Wildman–Crippen MR) is 76.6 cm³/mol. The van der Waals surface area contributed by atoms with Crippen molar-refractivity contribution in [3.8, 4) is 11.5 Å². The molecule has 0 radical (unpaired) electrons. The van der Waals surface area contributed by atoms with Gasteiger partial charge in [0.2, 0.25) is 0 Å². The molecule has 3 N–H and O–H groups in total. The minimum absolute atomic E-state index is 0.0345. The van der Waals surface area contributed by atoms with E-state index in [2.05, 4.69) is 10.9 Å². The van der Waals surface area contributed by atoms with Crippen LogP contribution in [0.2, 0.25) is 5.02 Å². The van der Waals surface area contributed by atoms with Gasteiger partial charge in [-0.15, -0.1) is 0 Å². The Hall–Kier alpha value is -1.91. The zero-order valence-electron chi connectivity index (χ0n) is 10.5. The molecule has 2 aromatic rings. The van der Waals surface area contributed by atoms with Crippen LogP contribution in [0.4, 0.5) is 5.69 Å². The van der Waals surface area contributed by atoms with Gasteiger partial charge >= 0.3 is 0 Å². The van der Waals surface area contributed by atoms with Crippen molar-refractivity contribution in [1.29, 1.82) is 0 Å². The standard InChI is InChI=1S/C14H15ClN2O2/c1-19-14-7-10(12(15)8-13(14)18)9-16-17-11-5-3-2-4-6-11/h2-8,16-18H,9H2,1H3. The van der Waals surface area contributed by atoms with E-state index >= 15 is 0 Å². The molecule has 0 aromatic heterocycles. The number of rotatable bonds is 5. The Bertz CT molecular complexity index is 547. The fourth-order valence-corrected chi connectivity index (χ4v) is 1.87. The van der Waals surface area contributed by atoms with Crippen molar-refractivity contribution >= 4 is 17.3 Å². The molecule has 0 aliphatic heterocycles. The lowest BCUT2D eigenvalue weighted by molar-refractivity contribution is 0.373. The molecule has 0 spiro atoms. The molecule has 0 bridgehead atoms. The van der Waals surface area contributed by atoms with Crippen molar-refractivity contribution in [1.82, 2.24) is 5.43 Å². The molecule has 0 saturated carbocycles. The van der Waals surface area contributed by atoms with Gasteiger partial charge in [-0.25, -0.2) is 5.43 Å². The lowest BCUT2D eigenvalue weighted by Crippen LogP contribution is -2.20. The van der Waals surface area contributed by atoms with E-state index in [0.29, 0.717) is 17.3 Å². The second kappa shape index (κ2) is 6.31. The predicted octanol–water partition coefficient (Wildman–Crippen LogP) is 3.17. The van der Waals surface area contributed by atoms with Crippen LogP contribution in [0, 0.1) is 0 Å². The summed E-state index contributed by atoms with van der Waals surface area (Å²) in [4.78, 5) is 0. The Kier molecular flexibility index (Phi) is 4.49. The maximum absolute atomic E-state index is 9.57. The minimum atomic E-state index is 0.0345. The van der Waals surface area contributed by atoms with Gasteiger partial charge in [-0.1, -0.05) is 29.8 Å². The van der Waals surface area contributed by atoms with Crippen molar-refractivity contribution in [2.75, 3.05) is 12.5 Å². The van der Waals surface area contributed by atoms with E-state index in [4.69, 9.17) is 16.3 Å². The molecule has 19 heavy (non-hydrogen) atoms. The number of phenolic OH excluding ortho intramolecular Hbond substituents is 1. The van der Waals surface area contributed by atoms with E-state index in [0.717, 1.165) is 11.3 Å². The second-order valence-corrected chi connectivity index (χ2v) is 4.37. The first-order valence-corrected chi connectivity index (χ1v) is 6.18. The Morgan fingerprint density at radius 3 is 2.63 bits per heavy atom. The first-order valence-electron chi connectivity index (χ1n) is 5.80. The van der Waals surface area contributed by atoms with Gasteiger partial charge in [-0.3, -0.25) is 0 Å². The Balaban J connectivity index is 2.00. The van der Waals surface area contributed by atoms with Crippen molar-refractivity contribution in [2.24, 2.45) is 0 Å². The fourth-order valence-electron chi connectivity index (χ4n) is 1.65. The Morgan fingerprint density at radius 2 is 1.95 bits per heavy atom. The first kappa shape index (κ1) is 13.5. The molecule has 0 aliphatic rings. The van der Waals surface area contributed by atoms with Gasteiger partial charge in [-0.05, 0) is 23.8 Å². The summed E-state index contributed by atoms with van der Waals surface area (Å²) in [6, 6.07) is 12.9. The number of ether oxygens (including phenoxy) is 1. The van der Waals surface area contributed by atoms with Crippen molar-refractivity contribution in [3.05, 3.63) is 53.1 Å². The second-order valence-electron chi connectivity index (χ2n) is 3.96. The summed E-state index contributed by atoms with van der Waals surface area (Å²) in [5.74, 6) is 0.438. The van der Waals surface area contributed by atoms with Crippen molar-refractivity contribution in [2.45, 2.75) is 6.54 Å². The number of hydrazine groups is 1. The monoisotopic (exact) mass is 278 g/mol. The van der Waals surface area contributed by atoms with Crippen LogP contribution < -0.4 is 15.6 Å². The SMILES string of the molecule is COc1cc(CNNc2ccccc2)c(Cl)cc1O. The molecule has 0 aliphatic carbocycles. The highest BCUT2D eigenvalue weighted by Crippen LogP contribution is 2.31.